The van der Waals surface area contributed by atoms with Crippen molar-refractivity contribution in [3.8, 4) is 0 Å². The summed E-state index contributed by atoms with van der Waals surface area (Å²) in [6.45, 7) is 7.98. The van der Waals surface area contributed by atoms with Gasteiger partial charge in [0, 0.05) is 24.5 Å². The Morgan fingerprint density at radius 2 is 2.33 bits per heavy atom. The molecule has 2 atom stereocenters. The Hall–Kier alpha value is -0.830. The minimum atomic E-state index is 0.505. The highest BCUT2D eigenvalue weighted by Crippen LogP contribution is 2.40. The Morgan fingerprint density at radius 3 is 2.87 bits per heavy atom. The molecular formula is C12H21N3. The molecule has 1 saturated carbocycles. The second-order valence-corrected chi connectivity index (χ2v) is 5.61. The summed E-state index contributed by atoms with van der Waals surface area (Å²) < 4.78 is 0. The van der Waals surface area contributed by atoms with E-state index in [1.54, 1.807) is 6.33 Å². The minimum Gasteiger partial charge on any atom is -0.347 e. The molecule has 3 heteroatoms. The third-order valence-corrected chi connectivity index (χ3v) is 3.44. The molecule has 0 aliphatic heterocycles. The smallest absolute Gasteiger partial charge is 0.0922 e. The van der Waals surface area contributed by atoms with Gasteiger partial charge >= 0.3 is 0 Å². The largest absolute Gasteiger partial charge is 0.347 e. The second-order valence-electron chi connectivity index (χ2n) is 5.61. The van der Waals surface area contributed by atoms with Gasteiger partial charge in [-0.15, -0.1) is 0 Å². The Bertz CT molecular complexity index is 303. The molecule has 15 heavy (non-hydrogen) atoms. The number of aromatic amines is 1. The molecular weight excluding hydrogens is 186 g/mol. The number of nitrogens with zero attached hydrogens (tertiary/aromatic N) is 1. The highest BCUT2D eigenvalue weighted by Gasteiger charge is 2.36. The lowest BCUT2D eigenvalue weighted by Crippen LogP contribution is -2.31. The highest BCUT2D eigenvalue weighted by atomic mass is 15.0. The molecule has 0 spiro atoms. The number of aromatic nitrogens is 2. The van der Waals surface area contributed by atoms with Crippen LogP contribution in [0.2, 0.25) is 0 Å². The van der Waals surface area contributed by atoms with Crippen LogP contribution in [0.5, 0.6) is 0 Å². The molecule has 1 aliphatic carbocycles. The fourth-order valence-electron chi connectivity index (χ4n) is 2.79. The number of imidazole rings is 1. The molecule has 0 aromatic carbocycles. The Labute approximate surface area is 91.7 Å². The van der Waals surface area contributed by atoms with Crippen LogP contribution in [0.3, 0.4) is 0 Å². The molecule has 0 radical (unpaired) electrons. The fourth-order valence-corrected chi connectivity index (χ4v) is 2.79. The topological polar surface area (TPSA) is 40.7 Å². The second kappa shape index (κ2) is 3.97. The van der Waals surface area contributed by atoms with E-state index in [9.17, 15) is 0 Å². The zero-order valence-electron chi connectivity index (χ0n) is 9.88. The monoisotopic (exact) mass is 207 g/mol. The van der Waals surface area contributed by atoms with E-state index in [2.05, 4.69) is 36.1 Å². The molecule has 1 heterocycles. The zero-order valence-corrected chi connectivity index (χ0v) is 9.88. The van der Waals surface area contributed by atoms with Crippen LogP contribution in [0.4, 0.5) is 0 Å². The van der Waals surface area contributed by atoms with Gasteiger partial charge in [0.25, 0.3) is 0 Å². The molecule has 1 aliphatic rings. The van der Waals surface area contributed by atoms with Gasteiger partial charge in [-0.3, -0.25) is 0 Å². The Morgan fingerprint density at radius 1 is 1.53 bits per heavy atom. The van der Waals surface area contributed by atoms with Crippen molar-refractivity contribution in [3.05, 3.63) is 18.2 Å². The number of rotatable bonds is 3. The van der Waals surface area contributed by atoms with Gasteiger partial charge in [-0.2, -0.15) is 0 Å². The standard InChI is InChI=1S/C12H21N3/c1-9-4-12(2,3)5-11(9)14-7-10-6-13-8-15-10/h6,8-9,11,14H,4-5,7H2,1-3H3,(H,13,15). The average Bonchev–Trinajstić information content (AvgIpc) is 2.70. The van der Waals surface area contributed by atoms with Crippen molar-refractivity contribution in [1.82, 2.24) is 15.3 Å². The van der Waals surface area contributed by atoms with Crippen LogP contribution in [0.25, 0.3) is 0 Å². The number of hydrogen-bond acceptors (Lipinski definition) is 2. The van der Waals surface area contributed by atoms with Gasteiger partial charge in [0.05, 0.1) is 6.33 Å². The van der Waals surface area contributed by atoms with E-state index >= 15 is 0 Å². The van der Waals surface area contributed by atoms with Crippen molar-refractivity contribution < 1.29 is 0 Å². The summed E-state index contributed by atoms with van der Waals surface area (Å²) in [5, 5.41) is 3.62. The molecule has 2 N–H and O–H groups in total. The van der Waals surface area contributed by atoms with E-state index in [4.69, 9.17) is 0 Å². The average molecular weight is 207 g/mol. The summed E-state index contributed by atoms with van der Waals surface area (Å²) in [4.78, 5) is 7.14. The van der Waals surface area contributed by atoms with Gasteiger partial charge in [-0.05, 0) is 24.2 Å². The predicted octanol–water partition coefficient (Wildman–Crippen LogP) is 2.32. The molecule has 3 nitrogen and oxygen atoms in total. The maximum Gasteiger partial charge on any atom is 0.0922 e. The van der Waals surface area contributed by atoms with Crippen LogP contribution in [-0.4, -0.2) is 16.0 Å². The van der Waals surface area contributed by atoms with E-state index in [0.717, 1.165) is 12.5 Å². The van der Waals surface area contributed by atoms with Gasteiger partial charge in [0.2, 0.25) is 0 Å². The Kier molecular flexibility index (Phi) is 2.83. The number of hydrogen-bond donors (Lipinski definition) is 2. The van der Waals surface area contributed by atoms with E-state index in [-0.39, 0.29) is 0 Å². The van der Waals surface area contributed by atoms with E-state index in [0.29, 0.717) is 11.5 Å². The van der Waals surface area contributed by atoms with Crippen molar-refractivity contribution in [3.63, 3.8) is 0 Å². The summed E-state index contributed by atoms with van der Waals surface area (Å²) >= 11 is 0. The Balaban J connectivity index is 1.85. The first-order valence-electron chi connectivity index (χ1n) is 5.77. The molecule has 2 rings (SSSR count). The van der Waals surface area contributed by atoms with Gasteiger partial charge in [0.15, 0.2) is 0 Å². The van der Waals surface area contributed by atoms with Gasteiger partial charge in [-0.25, -0.2) is 4.98 Å². The van der Waals surface area contributed by atoms with Crippen LogP contribution in [0, 0.1) is 11.3 Å². The zero-order chi connectivity index (χ0) is 10.9. The van der Waals surface area contributed by atoms with Crippen molar-refractivity contribution in [2.45, 2.75) is 46.2 Å². The SMILES string of the molecule is CC1CC(C)(C)CC1NCc1cnc[nH]1. The van der Waals surface area contributed by atoms with Crippen molar-refractivity contribution in [2.24, 2.45) is 11.3 Å². The highest BCUT2D eigenvalue weighted by molar-refractivity contribution is 4.96. The van der Waals surface area contributed by atoms with Crippen LogP contribution in [0.15, 0.2) is 12.5 Å². The number of nitrogens with one attached hydrogen (secondary N) is 2. The van der Waals surface area contributed by atoms with E-state index in [1.807, 2.05) is 6.20 Å². The quantitative estimate of drug-likeness (QED) is 0.798. The lowest BCUT2D eigenvalue weighted by molar-refractivity contribution is 0.362. The summed E-state index contributed by atoms with van der Waals surface area (Å²) in [5.74, 6) is 0.780. The lowest BCUT2D eigenvalue weighted by Gasteiger charge is -2.18. The fraction of sp³-hybridized carbons (Fsp3) is 0.750. The maximum absolute atomic E-state index is 4.02. The van der Waals surface area contributed by atoms with Crippen molar-refractivity contribution >= 4 is 0 Å². The molecule has 2 unspecified atom stereocenters. The third kappa shape index (κ3) is 2.59. The normalized spacial score (nSPS) is 29.5. The third-order valence-electron chi connectivity index (χ3n) is 3.44. The molecule has 1 fully saturated rings. The number of H-pyrrole nitrogens is 1. The van der Waals surface area contributed by atoms with E-state index < -0.39 is 0 Å². The van der Waals surface area contributed by atoms with Crippen LogP contribution < -0.4 is 5.32 Å². The molecule has 84 valence electrons. The first kappa shape index (κ1) is 10.7. The van der Waals surface area contributed by atoms with Crippen LogP contribution in [0.1, 0.15) is 39.3 Å². The lowest BCUT2D eigenvalue weighted by atomic mass is 9.91. The maximum atomic E-state index is 4.02. The first-order valence-corrected chi connectivity index (χ1v) is 5.77. The molecule has 1 aromatic heterocycles. The van der Waals surface area contributed by atoms with Gasteiger partial charge in [0.1, 0.15) is 0 Å². The summed E-state index contributed by atoms with van der Waals surface area (Å²) in [6, 6.07) is 0.656. The van der Waals surface area contributed by atoms with Gasteiger partial charge in [-0.1, -0.05) is 20.8 Å². The summed E-state index contributed by atoms with van der Waals surface area (Å²) in [6.07, 6.45) is 6.23. The van der Waals surface area contributed by atoms with Crippen LogP contribution in [-0.2, 0) is 6.54 Å². The summed E-state index contributed by atoms with van der Waals surface area (Å²) in [7, 11) is 0. The van der Waals surface area contributed by atoms with Crippen LogP contribution >= 0.6 is 0 Å². The molecule has 0 amide bonds. The van der Waals surface area contributed by atoms with Crippen molar-refractivity contribution in [1.29, 1.82) is 0 Å². The summed E-state index contributed by atoms with van der Waals surface area (Å²) in [5.41, 5.74) is 1.68. The predicted molar refractivity (Wildman–Crippen MR) is 61.4 cm³/mol. The van der Waals surface area contributed by atoms with Gasteiger partial charge < -0.3 is 10.3 Å². The molecule has 0 bridgehead atoms. The molecule has 1 aromatic rings. The minimum absolute atomic E-state index is 0.505. The van der Waals surface area contributed by atoms with E-state index in [1.165, 1.54) is 18.5 Å². The molecule has 0 saturated heterocycles. The first-order chi connectivity index (χ1) is 7.07. The van der Waals surface area contributed by atoms with Crippen molar-refractivity contribution in [2.75, 3.05) is 0 Å².